The predicted octanol–water partition coefficient (Wildman–Crippen LogP) is 3.79. The van der Waals surface area contributed by atoms with Crippen molar-refractivity contribution < 1.29 is 19.1 Å². The molecule has 0 unspecified atom stereocenters. The lowest BCUT2D eigenvalue weighted by Crippen LogP contribution is -2.25. The number of nitrogens with one attached hydrogen (secondary N) is 1. The van der Waals surface area contributed by atoms with E-state index in [0.29, 0.717) is 36.4 Å². The number of esters is 1. The number of rotatable bonds is 8. The van der Waals surface area contributed by atoms with Crippen molar-refractivity contribution in [2.45, 2.75) is 20.0 Å². The van der Waals surface area contributed by atoms with E-state index in [1.54, 1.807) is 41.7 Å². The lowest BCUT2D eigenvalue weighted by Gasteiger charge is -2.08. The van der Waals surface area contributed by atoms with Crippen LogP contribution >= 0.6 is 11.3 Å². The van der Waals surface area contributed by atoms with Crippen LogP contribution in [0.3, 0.4) is 0 Å². The SMILES string of the molecule is COC(=O)c1ccc(CCNC(=O)c2cccc(OCc3csc(C)n3)c2)cc1. The Morgan fingerprint density at radius 3 is 2.59 bits per heavy atom. The minimum Gasteiger partial charge on any atom is -0.487 e. The third kappa shape index (κ3) is 5.89. The summed E-state index contributed by atoms with van der Waals surface area (Å²) < 4.78 is 10.4. The quantitative estimate of drug-likeness (QED) is 0.572. The molecule has 0 spiro atoms. The molecule has 3 aromatic rings. The van der Waals surface area contributed by atoms with Crippen LogP contribution in [-0.2, 0) is 17.8 Å². The van der Waals surface area contributed by atoms with Crippen LogP contribution in [0.5, 0.6) is 5.75 Å². The summed E-state index contributed by atoms with van der Waals surface area (Å²) in [5.74, 6) is 0.102. The molecule has 0 bridgehead atoms. The number of aromatic nitrogens is 1. The summed E-state index contributed by atoms with van der Waals surface area (Å²) in [6.45, 7) is 2.81. The minimum atomic E-state index is -0.364. The van der Waals surface area contributed by atoms with Gasteiger partial charge in [-0.2, -0.15) is 0 Å². The van der Waals surface area contributed by atoms with Crippen molar-refractivity contribution in [3.05, 3.63) is 81.3 Å². The van der Waals surface area contributed by atoms with E-state index in [9.17, 15) is 9.59 Å². The van der Waals surface area contributed by atoms with E-state index in [1.165, 1.54) is 7.11 Å². The molecule has 0 saturated carbocycles. The molecule has 1 N–H and O–H groups in total. The molecule has 7 heteroatoms. The molecule has 29 heavy (non-hydrogen) atoms. The Hall–Kier alpha value is -3.19. The van der Waals surface area contributed by atoms with Crippen LogP contribution in [0, 0.1) is 6.92 Å². The van der Waals surface area contributed by atoms with Crippen molar-refractivity contribution in [3.63, 3.8) is 0 Å². The maximum atomic E-state index is 12.4. The summed E-state index contributed by atoms with van der Waals surface area (Å²) in [4.78, 5) is 28.2. The van der Waals surface area contributed by atoms with Gasteiger partial charge in [0.15, 0.2) is 0 Å². The molecule has 2 aromatic carbocycles. The minimum absolute atomic E-state index is 0.161. The fourth-order valence-electron chi connectivity index (χ4n) is 2.71. The first-order chi connectivity index (χ1) is 14.0. The van der Waals surface area contributed by atoms with Crippen molar-refractivity contribution in [2.75, 3.05) is 13.7 Å². The van der Waals surface area contributed by atoms with Gasteiger partial charge in [0.05, 0.1) is 23.4 Å². The molecule has 150 valence electrons. The highest BCUT2D eigenvalue weighted by atomic mass is 32.1. The van der Waals surface area contributed by atoms with Crippen LogP contribution in [-0.4, -0.2) is 30.5 Å². The number of aryl methyl sites for hydroxylation is 1. The molecule has 1 heterocycles. The van der Waals surface area contributed by atoms with E-state index in [2.05, 4.69) is 15.0 Å². The molecule has 0 radical (unpaired) electrons. The van der Waals surface area contributed by atoms with Gasteiger partial charge in [-0.05, 0) is 49.2 Å². The van der Waals surface area contributed by atoms with Gasteiger partial charge in [0, 0.05) is 17.5 Å². The van der Waals surface area contributed by atoms with Crippen LogP contribution in [0.15, 0.2) is 53.9 Å². The lowest BCUT2D eigenvalue weighted by atomic mass is 10.1. The highest BCUT2D eigenvalue weighted by Crippen LogP contribution is 2.16. The van der Waals surface area contributed by atoms with Crippen LogP contribution in [0.1, 0.15) is 37.0 Å². The first-order valence-electron chi connectivity index (χ1n) is 9.14. The molecule has 0 aliphatic heterocycles. The molecule has 0 fully saturated rings. The fourth-order valence-corrected chi connectivity index (χ4v) is 3.30. The van der Waals surface area contributed by atoms with Crippen LogP contribution in [0.25, 0.3) is 0 Å². The molecule has 0 saturated heterocycles. The van der Waals surface area contributed by atoms with Crippen LogP contribution in [0.2, 0.25) is 0 Å². The number of carbonyl (C=O) groups excluding carboxylic acids is 2. The van der Waals surface area contributed by atoms with Gasteiger partial charge in [0.25, 0.3) is 5.91 Å². The Labute approximate surface area is 173 Å². The summed E-state index contributed by atoms with van der Waals surface area (Å²) in [6.07, 6.45) is 0.659. The van der Waals surface area contributed by atoms with Gasteiger partial charge in [-0.3, -0.25) is 4.79 Å². The summed E-state index contributed by atoms with van der Waals surface area (Å²) >= 11 is 1.58. The highest BCUT2D eigenvalue weighted by Gasteiger charge is 2.08. The van der Waals surface area contributed by atoms with E-state index in [1.807, 2.05) is 30.5 Å². The van der Waals surface area contributed by atoms with Crippen molar-refractivity contribution in [2.24, 2.45) is 0 Å². The van der Waals surface area contributed by atoms with Gasteiger partial charge in [-0.15, -0.1) is 11.3 Å². The lowest BCUT2D eigenvalue weighted by molar-refractivity contribution is 0.0600. The number of ether oxygens (including phenoxy) is 2. The van der Waals surface area contributed by atoms with E-state index >= 15 is 0 Å². The third-order valence-corrected chi connectivity index (χ3v) is 5.05. The number of benzene rings is 2. The van der Waals surface area contributed by atoms with Crippen molar-refractivity contribution in [1.29, 1.82) is 0 Å². The Morgan fingerprint density at radius 1 is 1.10 bits per heavy atom. The monoisotopic (exact) mass is 410 g/mol. The maximum absolute atomic E-state index is 12.4. The highest BCUT2D eigenvalue weighted by molar-refractivity contribution is 7.09. The Balaban J connectivity index is 1.49. The van der Waals surface area contributed by atoms with E-state index in [0.717, 1.165) is 16.3 Å². The average molecular weight is 410 g/mol. The molecule has 3 rings (SSSR count). The largest absolute Gasteiger partial charge is 0.487 e. The zero-order chi connectivity index (χ0) is 20.6. The third-order valence-electron chi connectivity index (χ3n) is 4.22. The molecule has 0 aliphatic rings. The van der Waals surface area contributed by atoms with Crippen molar-refractivity contribution in [1.82, 2.24) is 10.3 Å². The van der Waals surface area contributed by atoms with E-state index < -0.39 is 0 Å². The fraction of sp³-hybridized carbons (Fsp3) is 0.227. The van der Waals surface area contributed by atoms with Gasteiger partial charge in [0.2, 0.25) is 0 Å². The summed E-state index contributed by atoms with van der Waals surface area (Å²) in [5, 5.41) is 5.86. The number of hydrogen-bond acceptors (Lipinski definition) is 6. The molecule has 6 nitrogen and oxygen atoms in total. The predicted molar refractivity (Wildman–Crippen MR) is 111 cm³/mol. The number of nitrogens with zero attached hydrogens (tertiary/aromatic N) is 1. The van der Waals surface area contributed by atoms with Gasteiger partial charge in [-0.1, -0.05) is 18.2 Å². The molecule has 0 atom stereocenters. The molecule has 0 aliphatic carbocycles. The second kappa shape index (κ2) is 9.84. The summed E-state index contributed by atoms with van der Waals surface area (Å²) in [7, 11) is 1.35. The normalized spacial score (nSPS) is 10.4. The Bertz CT molecular complexity index is 982. The second-order valence-corrected chi connectivity index (χ2v) is 7.43. The number of amides is 1. The standard InChI is InChI=1S/C22H22N2O4S/c1-15-24-19(14-29-15)13-28-20-5-3-4-18(12-20)21(25)23-11-10-16-6-8-17(9-7-16)22(26)27-2/h3-9,12,14H,10-11,13H2,1-2H3,(H,23,25). The van der Waals surface area contributed by atoms with Gasteiger partial charge < -0.3 is 14.8 Å². The number of methoxy groups -OCH3 is 1. The zero-order valence-electron chi connectivity index (χ0n) is 16.3. The van der Waals surface area contributed by atoms with Gasteiger partial charge in [0.1, 0.15) is 12.4 Å². The van der Waals surface area contributed by atoms with Crippen LogP contribution in [0.4, 0.5) is 0 Å². The molecular formula is C22H22N2O4S. The first kappa shape index (κ1) is 20.5. The van der Waals surface area contributed by atoms with E-state index in [-0.39, 0.29) is 11.9 Å². The molecule has 1 amide bonds. The summed E-state index contributed by atoms with van der Waals surface area (Å²) in [5.41, 5.74) is 2.94. The Morgan fingerprint density at radius 2 is 1.90 bits per heavy atom. The molecule has 1 aromatic heterocycles. The maximum Gasteiger partial charge on any atom is 0.337 e. The summed E-state index contributed by atoms with van der Waals surface area (Å²) in [6, 6.07) is 14.2. The van der Waals surface area contributed by atoms with E-state index in [4.69, 9.17) is 4.74 Å². The Kier molecular flexibility index (Phi) is 6.97. The zero-order valence-corrected chi connectivity index (χ0v) is 17.1. The van der Waals surface area contributed by atoms with Crippen molar-refractivity contribution in [3.8, 4) is 5.75 Å². The smallest absolute Gasteiger partial charge is 0.337 e. The average Bonchev–Trinajstić information content (AvgIpc) is 3.17. The molecular weight excluding hydrogens is 388 g/mol. The number of carbonyl (C=O) groups is 2. The van der Waals surface area contributed by atoms with Gasteiger partial charge >= 0.3 is 5.97 Å². The topological polar surface area (TPSA) is 77.5 Å². The van der Waals surface area contributed by atoms with Crippen LogP contribution < -0.4 is 10.1 Å². The van der Waals surface area contributed by atoms with Crippen molar-refractivity contribution >= 4 is 23.2 Å². The number of hydrogen-bond donors (Lipinski definition) is 1. The number of thiazole rings is 1. The van der Waals surface area contributed by atoms with Gasteiger partial charge in [-0.25, -0.2) is 9.78 Å². The first-order valence-corrected chi connectivity index (χ1v) is 10.0. The second-order valence-electron chi connectivity index (χ2n) is 6.37.